The second-order valence-electron chi connectivity index (χ2n) is 7.11. The number of rotatable bonds is 6. The van der Waals surface area contributed by atoms with E-state index in [1.165, 1.54) is 4.57 Å². The van der Waals surface area contributed by atoms with Crippen molar-refractivity contribution >= 4 is 40.7 Å². The molecular formula is C21H24N8O2S. The highest BCUT2D eigenvalue weighted by molar-refractivity contribution is 7.07. The summed E-state index contributed by atoms with van der Waals surface area (Å²) in [6.45, 7) is 5.57. The number of pyridine rings is 1. The summed E-state index contributed by atoms with van der Waals surface area (Å²) < 4.78 is 1.97. The first-order valence-electron chi connectivity index (χ1n) is 10.1. The molecule has 2 aromatic rings. The fourth-order valence-corrected chi connectivity index (χ4v) is 4.34. The van der Waals surface area contributed by atoms with E-state index in [0.29, 0.717) is 16.9 Å². The zero-order valence-electron chi connectivity index (χ0n) is 18.0. The maximum Gasteiger partial charge on any atom is 0.270 e. The number of nitrogens with one attached hydrogen (secondary N) is 2. The second-order valence-corrected chi connectivity index (χ2v) is 8.14. The maximum absolute atomic E-state index is 12.8. The Hall–Kier alpha value is -3.67. The van der Waals surface area contributed by atoms with Crippen molar-refractivity contribution in [2.24, 2.45) is 0 Å². The highest BCUT2D eigenvalue weighted by Crippen LogP contribution is 2.16. The van der Waals surface area contributed by atoms with E-state index in [1.54, 1.807) is 19.2 Å². The minimum atomic E-state index is -0.682. The van der Waals surface area contributed by atoms with Crippen LogP contribution in [-0.2, 0) is 11.3 Å². The smallest absolute Gasteiger partial charge is 0.270 e. The molecule has 0 aliphatic carbocycles. The summed E-state index contributed by atoms with van der Waals surface area (Å²) >= 11 is 1.04. The highest BCUT2D eigenvalue weighted by atomic mass is 32.1. The zero-order chi connectivity index (χ0) is 23.1. The Bertz CT molecular complexity index is 1240. The van der Waals surface area contributed by atoms with E-state index >= 15 is 0 Å². The Morgan fingerprint density at radius 3 is 2.69 bits per heavy atom. The maximum atomic E-state index is 12.8. The van der Waals surface area contributed by atoms with Gasteiger partial charge in [0.2, 0.25) is 0 Å². The Balaban J connectivity index is 1.92. The van der Waals surface area contributed by atoms with E-state index in [-0.39, 0.29) is 22.3 Å². The number of piperazine rings is 1. The van der Waals surface area contributed by atoms with Crippen molar-refractivity contribution in [1.82, 2.24) is 19.8 Å². The van der Waals surface area contributed by atoms with E-state index < -0.39 is 5.91 Å². The van der Waals surface area contributed by atoms with Crippen LogP contribution in [0.15, 0.2) is 23.0 Å². The van der Waals surface area contributed by atoms with Crippen LogP contribution in [0.2, 0.25) is 0 Å². The first kappa shape index (κ1) is 23.0. The summed E-state index contributed by atoms with van der Waals surface area (Å²) in [5.74, 6) is 0.775. The van der Waals surface area contributed by atoms with Crippen LogP contribution in [0.5, 0.6) is 0 Å². The molecule has 10 nitrogen and oxygen atoms in total. The fourth-order valence-electron chi connectivity index (χ4n) is 3.25. The molecule has 0 unspecified atom stereocenters. The summed E-state index contributed by atoms with van der Waals surface area (Å²) in [5.41, 5.74) is -0.505. The number of nitrogens with zero attached hydrogens (tertiary/aromatic N) is 6. The third kappa shape index (κ3) is 5.14. The molecule has 1 amide bonds. The van der Waals surface area contributed by atoms with Crippen LogP contribution in [0.3, 0.4) is 0 Å². The Kier molecular flexibility index (Phi) is 7.60. The lowest BCUT2D eigenvalue weighted by atomic mass is 10.3. The largest absolute Gasteiger partial charge is 0.354 e. The molecule has 11 heteroatoms. The van der Waals surface area contributed by atoms with Crippen molar-refractivity contribution in [3.8, 4) is 12.1 Å². The van der Waals surface area contributed by atoms with Gasteiger partial charge in [-0.3, -0.25) is 14.2 Å². The van der Waals surface area contributed by atoms with E-state index in [2.05, 4.69) is 32.5 Å². The number of thiazole rings is 1. The Labute approximate surface area is 189 Å². The monoisotopic (exact) mass is 452 g/mol. The molecule has 1 saturated heterocycles. The quantitative estimate of drug-likeness (QED) is 0.547. The average Bonchev–Trinajstić information content (AvgIpc) is 3.12. The molecule has 1 aliphatic rings. The van der Waals surface area contributed by atoms with Crippen molar-refractivity contribution < 1.29 is 4.79 Å². The summed E-state index contributed by atoms with van der Waals surface area (Å²) in [4.78, 5) is 34.2. The standard InChI is InChI=1S/C21H24N8O2S/c1-3-29-20(31)16(32-21(29)15(13-23)19(30)24-8-7-22)14-25-17-5-4-6-18(26-17)28-11-9-27(2)10-12-28/h4-6,14H,3,8-12H2,1-2H3,(H,24,30)(H,25,26). The molecule has 3 heterocycles. The number of anilines is 2. The molecule has 0 spiro atoms. The van der Waals surface area contributed by atoms with Crippen LogP contribution >= 0.6 is 11.3 Å². The van der Waals surface area contributed by atoms with Gasteiger partial charge in [-0.05, 0) is 26.1 Å². The number of likely N-dealkylation sites (N-methyl/N-ethyl adjacent to an activating group) is 1. The molecule has 0 saturated carbocycles. The Morgan fingerprint density at radius 1 is 1.28 bits per heavy atom. The van der Waals surface area contributed by atoms with Gasteiger partial charge in [0.1, 0.15) is 33.4 Å². The molecule has 3 rings (SSSR count). The molecule has 2 aromatic heterocycles. The van der Waals surface area contributed by atoms with Gasteiger partial charge in [0, 0.05) is 38.9 Å². The number of carbonyl (C=O) groups excluding carboxylic acids is 1. The number of amides is 1. The normalized spacial score (nSPS) is 15.6. The first-order chi connectivity index (χ1) is 15.5. The summed E-state index contributed by atoms with van der Waals surface area (Å²) in [7, 11) is 2.10. The predicted octanol–water partition coefficient (Wildman–Crippen LogP) is -0.759. The number of nitriles is 2. The van der Waals surface area contributed by atoms with Gasteiger partial charge in [0.25, 0.3) is 11.5 Å². The van der Waals surface area contributed by atoms with E-state index in [1.807, 2.05) is 24.3 Å². The highest BCUT2D eigenvalue weighted by Gasteiger charge is 2.16. The lowest BCUT2D eigenvalue weighted by Crippen LogP contribution is -2.44. The molecule has 0 radical (unpaired) electrons. The number of aromatic nitrogens is 2. The minimum absolute atomic E-state index is 0.195. The van der Waals surface area contributed by atoms with Crippen molar-refractivity contribution in [2.45, 2.75) is 13.5 Å². The van der Waals surface area contributed by atoms with Crippen molar-refractivity contribution in [3.05, 3.63) is 37.7 Å². The lowest BCUT2D eigenvalue weighted by Gasteiger charge is -2.33. The fraction of sp³-hybridized carbons (Fsp3) is 0.381. The van der Waals surface area contributed by atoms with Crippen LogP contribution in [0.1, 0.15) is 6.92 Å². The molecule has 1 fully saturated rings. The minimum Gasteiger partial charge on any atom is -0.354 e. The topological polar surface area (TPSA) is 130 Å². The first-order valence-corrected chi connectivity index (χ1v) is 11.0. The predicted molar refractivity (Wildman–Crippen MR) is 123 cm³/mol. The molecular weight excluding hydrogens is 428 g/mol. The van der Waals surface area contributed by atoms with Gasteiger partial charge in [-0.25, -0.2) is 4.98 Å². The van der Waals surface area contributed by atoms with Gasteiger partial charge in [-0.15, -0.1) is 11.3 Å². The summed E-state index contributed by atoms with van der Waals surface area (Å²) in [5, 5.41) is 23.5. The third-order valence-corrected chi connectivity index (χ3v) is 6.15. The third-order valence-electron chi connectivity index (χ3n) is 5.02. The van der Waals surface area contributed by atoms with Gasteiger partial charge in [-0.1, -0.05) is 6.07 Å². The average molecular weight is 453 g/mol. The van der Waals surface area contributed by atoms with E-state index in [9.17, 15) is 14.9 Å². The summed E-state index contributed by atoms with van der Waals surface area (Å²) in [6.07, 6.45) is 1.54. The van der Waals surface area contributed by atoms with Gasteiger partial charge >= 0.3 is 0 Å². The molecule has 2 N–H and O–H groups in total. The Morgan fingerprint density at radius 2 is 2.03 bits per heavy atom. The van der Waals surface area contributed by atoms with Gasteiger partial charge < -0.3 is 20.4 Å². The molecule has 0 bridgehead atoms. The summed E-state index contributed by atoms with van der Waals surface area (Å²) in [6, 6.07) is 9.32. The van der Waals surface area contributed by atoms with Gasteiger partial charge in [0.05, 0.1) is 6.07 Å². The molecule has 0 atom stereocenters. The van der Waals surface area contributed by atoms with E-state index in [4.69, 9.17) is 5.26 Å². The molecule has 1 aliphatic heterocycles. The SMILES string of the molecule is CCn1c(=C(C#N)C(=O)NCC#N)sc(=CNc2cccc(N3CCN(C)CC3)n2)c1=O. The van der Waals surface area contributed by atoms with Crippen molar-refractivity contribution in [3.63, 3.8) is 0 Å². The zero-order valence-corrected chi connectivity index (χ0v) is 18.8. The molecule has 32 heavy (non-hydrogen) atoms. The molecule has 0 aromatic carbocycles. The van der Waals surface area contributed by atoms with Crippen LogP contribution in [0.25, 0.3) is 11.8 Å². The number of hydrogen-bond acceptors (Lipinski definition) is 9. The van der Waals surface area contributed by atoms with Crippen LogP contribution < -0.4 is 30.3 Å². The number of carbonyl (C=O) groups is 1. The van der Waals surface area contributed by atoms with Crippen LogP contribution in [-0.4, -0.2) is 60.1 Å². The van der Waals surface area contributed by atoms with Gasteiger partial charge in [0.15, 0.2) is 5.57 Å². The number of hydrogen-bond donors (Lipinski definition) is 2. The van der Waals surface area contributed by atoms with Crippen LogP contribution in [0, 0.1) is 22.7 Å². The van der Waals surface area contributed by atoms with E-state index in [0.717, 1.165) is 43.3 Å². The van der Waals surface area contributed by atoms with Crippen molar-refractivity contribution in [2.75, 3.05) is 50.0 Å². The lowest BCUT2D eigenvalue weighted by molar-refractivity contribution is -0.115. The van der Waals surface area contributed by atoms with Gasteiger partial charge in [-0.2, -0.15) is 10.5 Å². The second kappa shape index (κ2) is 10.6. The van der Waals surface area contributed by atoms with Crippen LogP contribution in [0.4, 0.5) is 11.6 Å². The molecule has 166 valence electrons. The van der Waals surface area contributed by atoms with Crippen molar-refractivity contribution in [1.29, 1.82) is 10.5 Å².